The minimum Gasteiger partial charge on any atom is -0.493 e. The molecule has 3 aromatic rings. The Morgan fingerprint density at radius 1 is 1.19 bits per heavy atom. The van der Waals surface area contributed by atoms with E-state index in [1.807, 2.05) is 23.6 Å². The van der Waals surface area contributed by atoms with Crippen molar-refractivity contribution in [2.75, 3.05) is 25.3 Å². The molecule has 1 amide bonds. The van der Waals surface area contributed by atoms with Crippen LogP contribution in [0.3, 0.4) is 0 Å². The van der Waals surface area contributed by atoms with Gasteiger partial charge in [0.15, 0.2) is 21.8 Å². The molecule has 2 aromatic heterocycles. The summed E-state index contributed by atoms with van der Waals surface area (Å²) in [6, 6.07) is 7.30. The summed E-state index contributed by atoms with van der Waals surface area (Å²) >= 11 is 2.63. The number of benzene rings is 1. The highest BCUT2D eigenvalue weighted by Crippen LogP contribution is 2.33. The van der Waals surface area contributed by atoms with Gasteiger partial charge >= 0.3 is 0 Å². The highest BCUT2D eigenvalue weighted by molar-refractivity contribution is 7.99. The van der Waals surface area contributed by atoms with Gasteiger partial charge in [0.05, 0.1) is 25.7 Å². The number of rotatable bonds is 7. The summed E-state index contributed by atoms with van der Waals surface area (Å²) in [6.07, 6.45) is 3.28. The first-order chi connectivity index (χ1) is 12.7. The molecule has 7 nitrogen and oxygen atoms in total. The van der Waals surface area contributed by atoms with Gasteiger partial charge in [0.1, 0.15) is 0 Å². The predicted octanol–water partition coefficient (Wildman–Crippen LogP) is 3.35. The van der Waals surface area contributed by atoms with E-state index in [-0.39, 0.29) is 11.7 Å². The van der Waals surface area contributed by atoms with Crippen LogP contribution in [0.5, 0.6) is 11.5 Å². The van der Waals surface area contributed by atoms with Crippen LogP contribution in [0.25, 0.3) is 11.3 Å². The normalized spacial score (nSPS) is 10.4. The molecule has 1 aromatic carbocycles. The van der Waals surface area contributed by atoms with Gasteiger partial charge in [-0.25, -0.2) is 15.0 Å². The highest BCUT2D eigenvalue weighted by Gasteiger charge is 2.11. The lowest BCUT2D eigenvalue weighted by atomic mass is 10.1. The first-order valence-corrected chi connectivity index (χ1v) is 9.43. The Morgan fingerprint density at radius 3 is 2.69 bits per heavy atom. The molecular formula is C17H16N4O3S2. The summed E-state index contributed by atoms with van der Waals surface area (Å²) in [4.78, 5) is 24.7. The molecule has 0 atom stereocenters. The Bertz CT molecular complexity index is 887. The summed E-state index contributed by atoms with van der Waals surface area (Å²) < 4.78 is 10.5. The number of thioether (sulfide) groups is 1. The van der Waals surface area contributed by atoms with E-state index in [2.05, 4.69) is 20.3 Å². The lowest BCUT2D eigenvalue weighted by molar-refractivity contribution is -0.113. The van der Waals surface area contributed by atoms with Crippen LogP contribution >= 0.6 is 23.1 Å². The molecule has 0 radical (unpaired) electrons. The van der Waals surface area contributed by atoms with E-state index in [9.17, 15) is 4.79 Å². The topological polar surface area (TPSA) is 86.2 Å². The summed E-state index contributed by atoms with van der Waals surface area (Å²) in [7, 11) is 3.18. The molecule has 2 heterocycles. The van der Waals surface area contributed by atoms with Gasteiger partial charge < -0.3 is 14.8 Å². The fraction of sp³-hybridized carbons (Fsp3) is 0.176. The largest absolute Gasteiger partial charge is 0.493 e. The van der Waals surface area contributed by atoms with Gasteiger partial charge in [0, 0.05) is 23.3 Å². The average molecular weight is 388 g/mol. The maximum Gasteiger partial charge on any atom is 0.236 e. The zero-order valence-electron chi connectivity index (χ0n) is 14.1. The van der Waals surface area contributed by atoms with Crippen LogP contribution in [0.4, 0.5) is 5.13 Å². The van der Waals surface area contributed by atoms with Gasteiger partial charge in [-0.2, -0.15) is 0 Å². The van der Waals surface area contributed by atoms with Crippen molar-refractivity contribution in [2.45, 2.75) is 5.16 Å². The van der Waals surface area contributed by atoms with Crippen molar-refractivity contribution in [1.82, 2.24) is 15.0 Å². The van der Waals surface area contributed by atoms with Crippen LogP contribution in [0.2, 0.25) is 0 Å². The van der Waals surface area contributed by atoms with Gasteiger partial charge in [0.2, 0.25) is 5.91 Å². The first kappa shape index (κ1) is 18.2. The predicted molar refractivity (Wildman–Crippen MR) is 102 cm³/mol. The van der Waals surface area contributed by atoms with Crippen LogP contribution in [0.1, 0.15) is 0 Å². The minimum absolute atomic E-state index is 0.157. The Kier molecular flexibility index (Phi) is 6.03. The maximum atomic E-state index is 12.1. The molecule has 0 unspecified atom stereocenters. The number of aromatic nitrogens is 3. The Morgan fingerprint density at radius 2 is 1.96 bits per heavy atom. The molecule has 0 saturated heterocycles. The summed E-state index contributed by atoms with van der Waals surface area (Å²) in [6.45, 7) is 0. The third-order valence-electron chi connectivity index (χ3n) is 3.30. The Hall–Kier alpha value is -2.65. The molecule has 26 heavy (non-hydrogen) atoms. The number of amides is 1. The van der Waals surface area contributed by atoms with E-state index < -0.39 is 0 Å². The second kappa shape index (κ2) is 8.63. The van der Waals surface area contributed by atoms with E-state index in [0.29, 0.717) is 21.8 Å². The number of carbonyl (C=O) groups excluding carboxylic acids is 1. The van der Waals surface area contributed by atoms with Gasteiger partial charge in [0.25, 0.3) is 0 Å². The number of nitrogens with one attached hydrogen (secondary N) is 1. The molecular weight excluding hydrogens is 372 g/mol. The molecule has 0 fully saturated rings. The number of methoxy groups -OCH3 is 2. The third kappa shape index (κ3) is 4.50. The Balaban J connectivity index is 1.63. The highest BCUT2D eigenvalue weighted by atomic mass is 32.2. The lowest BCUT2D eigenvalue weighted by Crippen LogP contribution is -2.14. The van der Waals surface area contributed by atoms with E-state index in [4.69, 9.17) is 9.47 Å². The molecule has 0 aliphatic rings. The van der Waals surface area contributed by atoms with Crippen molar-refractivity contribution in [3.05, 3.63) is 42.0 Å². The lowest BCUT2D eigenvalue weighted by Gasteiger charge is -2.08. The summed E-state index contributed by atoms with van der Waals surface area (Å²) in [5, 5.41) is 5.77. The number of nitrogens with zero attached hydrogens (tertiary/aromatic N) is 3. The van der Waals surface area contributed by atoms with Crippen molar-refractivity contribution < 1.29 is 14.3 Å². The number of carbonyl (C=O) groups is 1. The van der Waals surface area contributed by atoms with Gasteiger partial charge in [-0.1, -0.05) is 11.8 Å². The van der Waals surface area contributed by atoms with Crippen molar-refractivity contribution in [1.29, 1.82) is 0 Å². The fourth-order valence-corrected chi connectivity index (χ4v) is 3.44. The molecule has 0 aliphatic carbocycles. The SMILES string of the molecule is COc1ccc(-c2csc(NC(=O)CSc3ncccn3)n2)cc1OC. The molecule has 0 aliphatic heterocycles. The molecule has 0 spiro atoms. The quantitative estimate of drug-likeness (QED) is 0.491. The number of ether oxygens (including phenoxy) is 2. The number of hydrogen-bond donors (Lipinski definition) is 1. The smallest absolute Gasteiger partial charge is 0.236 e. The van der Waals surface area contributed by atoms with Gasteiger partial charge in [-0.05, 0) is 24.3 Å². The summed E-state index contributed by atoms with van der Waals surface area (Å²) in [5.41, 5.74) is 1.64. The standard InChI is InChI=1S/C17H16N4O3S2/c1-23-13-5-4-11(8-14(13)24-2)12-9-25-17(20-12)21-15(22)10-26-16-18-6-3-7-19-16/h3-9H,10H2,1-2H3,(H,20,21,22). The van der Waals surface area contributed by atoms with Gasteiger partial charge in [-0.15, -0.1) is 11.3 Å². The van der Waals surface area contributed by atoms with E-state index in [1.54, 1.807) is 32.7 Å². The maximum absolute atomic E-state index is 12.1. The van der Waals surface area contributed by atoms with Crippen LogP contribution in [0, 0.1) is 0 Å². The minimum atomic E-state index is -0.157. The van der Waals surface area contributed by atoms with Crippen molar-refractivity contribution >= 4 is 34.1 Å². The monoisotopic (exact) mass is 388 g/mol. The zero-order valence-corrected chi connectivity index (χ0v) is 15.8. The molecule has 1 N–H and O–H groups in total. The average Bonchev–Trinajstić information content (AvgIpc) is 3.15. The number of thiazole rings is 1. The first-order valence-electron chi connectivity index (χ1n) is 7.57. The van der Waals surface area contributed by atoms with Crippen molar-refractivity contribution in [2.24, 2.45) is 0 Å². The van der Waals surface area contributed by atoms with Crippen molar-refractivity contribution in [3.8, 4) is 22.8 Å². The van der Waals surface area contributed by atoms with Crippen LogP contribution < -0.4 is 14.8 Å². The van der Waals surface area contributed by atoms with E-state index in [1.165, 1.54) is 23.1 Å². The van der Waals surface area contributed by atoms with Crippen LogP contribution in [-0.2, 0) is 4.79 Å². The molecule has 0 saturated carbocycles. The third-order valence-corrected chi connectivity index (χ3v) is 4.94. The number of anilines is 1. The zero-order chi connectivity index (χ0) is 18.4. The molecule has 9 heteroatoms. The Labute approximate surface area is 158 Å². The van der Waals surface area contributed by atoms with Crippen LogP contribution in [-0.4, -0.2) is 40.8 Å². The summed E-state index contributed by atoms with van der Waals surface area (Å²) in [5.74, 6) is 1.34. The second-order valence-corrected chi connectivity index (χ2v) is 6.78. The van der Waals surface area contributed by atoms with Crippen LogP contribution in [0.15, 0.2) is 47.2 Å². The van der Waals surface area contributed by atoms with E-state index >= 15 is 0 Å². The number of hydrogen-bond acceptors (Lipinski definition) is 8. The second-order valence-electron chi connectivity index (χ2n) is 4.98. The molecule has 3 rings (SSSR count). The van der Waals surface area contributed by atoms with Crippen molar-refractivity contribution in [3.63, 3.8) is 0 Å². The molecule has 0 bridgehead atoms. The van der Waals surface area contributed by atoms with E-state index in [0.717, 1.165) is 11.3 Å². The fourth-order valence-electron chi connectivity index (χ4n) is 2.10. The molecule has 134 valence electrons. The van der Waals surface area contributed by atoms with Gasteiger partial charge in [-0.3, -0.25) is 4.79 Å².